The Morgan fingerprint density at radius 3 is 2.50 bits per heavy atom. The Bertz CT molecular complexity index is 1130. The lowest BCUT2D eigenvalue weighted by molar-refractivity contribution is -0.135. The molecule has 2 aromatic carbocycles. The van der Waals surface area contributed by atoms with E-state index in [4.69, 9.17) is 9.47 Å². The van der Waals surface area contributed by atoms with Crippen molar-refractivity contribution in [2.24, 2.45) is 0 Å². The van der Waals surface area contributed by atoms with Crippen molar-refractivity contribution in [3.8, 4) is 11.5 Å². The Morgan fingerprint density at radius 2 is 1.88 bits per heavy atom. The van der Waals surface area contributed by atoms with Crippen LogP contribution in [0.1, 0.15) is 24.2 Å². The minimum Gasteiger partial charge on any atom is -0.495 e. The number of carbonyl (C=O) groups excluding carboxylic acids is 2. The van der Waals surface area contributed by atoms with Crippen molar-refractivity contribution < 1.29 is 27.5 Å². The molecule has 172 valence electrons. The summed E-state index contributed by atoms with van der Waals surface area (Å²) in [5.74, 6) is -0.217. The fourth-order valence-electron chi connectivity index (χ4n) is 3.39. The maximum absolute atomic E-state index is 13.5. The number of hydrogen-bond acceptors (Lipinski definition) is 6. The molecule has 0 spiro atoms. The largest absolute Gasteiger partial charge is 0.495 e. The summed E-state index contributed by atoms with van der Waals surface area (Å²) in [6.07, 6.45) is -0.882. The van der Waals surface area contributed by atoms with Crippen LogP contribution in [-0.4, -0.2) is 65.0 Å². The van der Waals surface area contributed by atoms with Crippen LogP contribution in [0.4, 0.5) is 5.69 Å². The molecule has 0 unspecified atom stereocenters. The van der Waals surface area contributed by atoms with Crippen molar-refractivity contribution >= 4 is 27.5 Å². The monoisotopic (exact) mass is 461 g/mol. The van der Waals surface area contributed by atoms with Crippen LogP contribution in [-0.2, 0) is 14.8 Å². The first kappa shape index (κ1) is 23.6. The van der Waals surface area contributed by atoms with Crippen LogP contribution < -0.4 is 19.1 Å². The number of nitrogens with zero attached hydrogens (tertiary/aromatic N) is 2. The number of anilines is 1. The average Bonchev–Trinajstić information content (AvgIpc) is 2.75. The Hall–Kier alpha value is -3.11. The first-order valence-corrected chi connectivity index (χ1v) is 11.5. The molecule has 0 radical (unpaired) electrons. The lowest BCUT2D eigenvalue weighted by Gasteiger charge is -2.35. The Morgan fingerprint density at radius 1 is 1.19 bits per heavy atom. The normalized spacial score (nSPS) is 15.7. The van der Waals surface area contributed by atoms with Gasteiger partial charge in [-0.15, -0.1) is 0 Å². The number of likely N-dealkylation sites (N-methyl/N-ethyl adjacent to an activating group) is 1. The molecule has 1 aliphatic heterocycles. The maximum atomic E-state index is 13.5. The van der Waals surface area contributed by atoms with Crippen LogP contribution in [0.2, 0.25) is 0 Å². The number of rotatable bonds is 6. The summed E-state index contributed by atoms with van der Waals surface area (Å²) in [4.78, 5) is 28.7. The molecule has 1 aliphatic rings. The highest BCUT2D eigenvalue weighted by Gasteiger charge is 2.35. The first-order valence-electron chi connectivity index (χ1n) is 10.0. The molecule has 3 rings (SSSR count). The van der Waals surface area contributed by atoms with Crippen LogP contribution in [0, 0.1) is 0 Å². The van der Waals surface area contributed by atoms with Crippen molar-refractivity contribution in [1.82, 2.24) is 9.62 Å². The van der Waals surface area contributed by atoms with Crippen LogP contribution in [0.15, 0.2) is 47.4 Å². The van der Waals surface area contributed by atoms with Crippen molar-refractivity contribution in [2.45, 2.75) is 30.9 Å². The topological polar surface area (TPSA) is 105 Å². The molecule has 9 nitrogen and oxygen atoms in total. The molecule has 2 aromatic rings. The smallest absolute Gasteiger partial charge is 0.265 e. The molecule has 10 heteroatoms. The third-order valence-electron chi connectivity index (χ3n) is 4.83. The van der Waals surface area contributed by atoms with E-state index in [1.165, 1.54) is 35.1 Å². The highest BCUT2D eigenvalue weighted by molar-refractivity contribution is 7.89. The van der Waals surface area contributed by atoms with Gasteiger partial charge in [-0.1, -0.05) is 12.1 Å². The molecular weight excluding hydrogens is 434 g/mol. The number of benzene rings is 2. The van der Waals surface area contributed by atoms with Crippen LogP contribution >= 0.6 is 0 Å². The summed E-state index contributed by atoms with van der Waals surface area (Å²) in [6, 6.07) is 10.8. The van der Waals surface area contributed by atoms with E-state index in [2.05, 4.69) is 4.72 Å². The van der Waals surface area contributed by atoms with Crippen molar-refractivity contribution in [2.75, 3.05) is 32.6 Å². The van der Waals surface area contributed by atoms with Crippen molar-refractivity contribution in [1.29, 1.82) is 0 Å². The van der Waals surface area contributed by atoms with Gasteiger partial charge in [0, 0.05) is 25.7 Å². The first-order chi connectivity index (χ1) is 15.0. The van der Waals surface area contributed by atoms with Gasteiger partial charge < -0.3 is 19.3 Å². The minimum atomic E-state index is -3.92. The molecule has 0 saturated heterocycles. The Kier molecular flexibility index (Phi) is 6.75. The quantitative estimate of drug-likeness (QED) is 0.704. The lowest BCUT2D eigenvalue weighted by atomic mass is 10.1. The van der Waals surface area contributed by atoms with Gasteiger partial charge in [0.2, 0.25) is 10.0 Å². The molecule has 0 saturated carbocycles. The van der Waals surface area contributed by atoms with Crippen LogP contribution in [0.5, 0.6) is 11.5 Å². The standard InChI is InChI=1S/C22H27N3O6S/c1-14(2)23-32(28,29)20-12-15(10-11-18(20)30-5)21(26)25-13-19(22(27)24(3)4)31-17-9-7-6-8-16(17)25/h6-12,14,19,23H,13H2,1-5H3/t19-/m1/s1. The second kappa shape index (κ2) is 9.17. The molecule has 1 heterocycles. The zero-order valence-corrected chi connectivity index (χ0v) is 19.5. The minimum absolute atomic E-state index is 0.00871. The third kappa shape index (κ3) is 4.71. The van der Waals surface area contributed by atoms with Crippen molar-refractivity contribution in [3.63, 3.8) is 0 Å². The Balaban J connectivity index is 2.04. The predicted molar refractivity (Wildman–Crippen MR) is 120 cm³/mol. The summed E-state index contributed by atoms with van der Waals surface area (Å²) in [7, 11) is 0.669. The fourth-order valence-corrected chi connectivity index (χ4v) is 4.84. The van der Waals surface area contributed by atoms with E-state index in [1.807, 2.05) is 0 Å². The third-order valence-corrected chi connectivity index (χ3v) is 6.51. The molecule has 0 bridgehead atoms. The van der Waals surface area contributed by atoms with E-state index in [9.17, 15) is 18.0 Å². The van der Waals surface area contributed by atoms with E-state index in [-0.39, 0.29) is 34.7 Å². The molecule has 0 aliphatic carbocycles. The highest BCUT2D eigenvalue weighted by atomic mass is 32.2. The number of fused-ring (bicyclic) bond motifs is 1. The SMILES string of the molecule is COc1ccc(C(=O)N2C[C@H](C(=O)N(C)C)Oc3ccccc32)cc1S(=O)(=O)NC(C)C. The molecule has 0 fully saturated rings. The zero-order valence-electron chi connectivity index (χ0n) is 18.7. The molecule has 32 heavy (non-hydrogen) atoms. The summed E-state index contributed by atoms with van der Waals surface area (Å²) >= 11 is 0. The second-order valence-corrected chi connectivity index (χ2v) is 9.55. The number of sulfonamides is 1. The number of para-hydroxylation sites is 2. The van der Waals surface area contributed by atoms with Gasteiger partial charge in [0.05, 0.1) is 19.3 Å². The number of ether oxygens (including phenoxy) is 2. The summed E-state index contributed by atoms with van der Waals surface area (Å²) in [5, 5.41) is 0. The summed E-state index contributed by atoms with van der Waals surface area (Å²) in [5.41, 5.74) is 0.642. The molecule has 1 N–H and O–H groups in total. The van der Waals surface area contributed by atoms with E-state index < -0.39 is 22.0 Å². The number of methoxy groups -OCH3 is 1. The molecule has 0 aromatic heterocycles. The summed E-state index contributed by atoms with van der Waals surface area (Å²) < 4.78 is 39.1. The van der Waals surface area contributed by atoms with Crippen LogP contribution in [0.25, 0.3) is 0 Å². The zero-order chi connectivity index (χ0) is 23.6. The van der Waals surface area contributed by atoms with Crippen LogP contribution in [0.3, 0.4) is 0 Å². The molecule has 2 amide bonds. The maximum Gasteiger partial charge on any atom is 0.265 e. The van der Waals surface area contributed by atoms with Gasteiger partial charge in [-0.3, -0.25) is 9.59 Å². The van der Waals surface area contributed by atoms with Gasteiger partial charge in [0.25, 0.3) is 11.8 Å². The van der Waals surface area contributed by atoms with Crippen molar-refractivity contribution in [3.05, 3.63) is 48.0 Å². The Labute approximate surface area is 188 Å². The molecule has 1 atom stereocenters. The van der Waals surface area contributed by atoms with E-state index in [1.54, 1.807) is 52.2 Å². The van der Waals surface area contributed by atoms with Gasteiger partial charge in [-0.25, -0.2) is 13.1 Å². The number of amides is 2. The van der Waals surface area contributed by atoms with E-state index in [0.29, 0.717) is 11.4 Å². The second-order valence-electron chi connectivity index (χ2n) is 7.86. The number of hydrogen-bond donors (Lipinski definition) is 1. The van der Waals surface area contributed by atoms with Gasteiger partial charge in [0.15, 0.2) is 6.10 Å². The van der Waals surface area contributed by atoms with Gasteiger partial charge in [0.1, 0.15) is 16.4 Å². The molecular formula is C22H27N3O6S. The fraction of sp³-hybridized carbons (Fsp3) is 0.364. The van der Waals surface area contributed by atoms with Gasteiger partial charge in [-0.05, 0) is 44.2 Å². The predicted octanol–water partition coefficient (Wildman–Crippen LogP) is 1.88. The average molecular weight is 462 g/mol. The van der Waals surface area contributed by atoms with E-state index in [0.717, 1.165) is 0 Å². The number of nitrogens with one attached hydrogen (secondary N) is 1. The van der Waals surface area contributed by atoms with Gasteiger partial charge >= 0.3 is 0 Å². The van der Waals surface area contributed by atoms with Gasteiger partial charge in [-0.2, -0.15) is 0 Å². The highest BCUT2D eigenvalue weighted by Crippen LogP contribution is 2.35. The van der Waals surface area contributed by atoms with E-state index >= 15 is 0 Å². The number of carbonyl (C=O) groups is 2. The summed E-state index contributed by atoms with van der Waals surface area (Å²) in [6.45, 7) is 3.39. The lowest BCUT2D eigenvalue weighted by Crippen LogP contribution is -2.50.